The minimum Gasteiger partial charge on any atom is -0.351 e. The average Bonchev–Trinajstić information content (AvgIpc) is 2.49. The molecule has 0 radical (unpaired) electrons. The van der Waals surface area contributed by atoms with Crippen molar-refractivity contribution in [1.82, 2.24) is 5.32 Å². The van der Waals surface area contributed by atoms with Gasteiger partial charge >= 0.3 is 0 Å². The van der Waals surface area contributed by atoms with Crippen LogP contribution in [0, 0.1) is 5.82 Å². The summed E-state index contributed by atoms with van der Waals surface area (Å²) >= 11 is 13.1. The minimum atomic E-state index is -0.350. The number of carbonyl (C=O) groups is 1. The standard InChI is InChI=1S/C16H14Cl2FNOS/c17-13-6-5-12(15(19)7-13)9-22-10-16(21)20-8-11-3-1-2-4-14(11)18/h1-7H,8-10H2,(H,20,21). The van der Waals surface area contributed by atoms with Crippen molar-refractivity contribution in [2.75, 3.05) is 5.75 Å². The number of carbonyl (C=O) groups excluding carboxylic acids is 1. The zero-order valence-corrected chi connectivity index (χ0v) is 13.9. The van der Waals surface area contributed by atoms with Crippen LogP contribution < -0.4 is 5.32 Å². The van der Waals surface area contributed by atoms with Gasteiger partial charge in [0.1, 0.15) is 5.82 Å². The van der Waals surface area contributed by atoms with Gasteiger partial charge in [-0.05, 0) is 29.3 Å². The van der Waals surface area contributed by atoms with Gasteiger partial charge in [-0.1, -0.05) is 47.5 Å². The fraction of sp³-hybridized carbons (Fsp3) is 0.188. The van der Waals surface area contributed by atoms with Gasteiger partial charge in [0.25, 0.3) is 0 Å². The van der Waals surface area contributed by atoms with Crippen LogP contribution in [0.2, 0.25) is 10.0 Å². The molecule has 2 nitrogen and oxygen atoms in total. The summed E-state index contributed by atoms with van der Waals surface area (Å²) in [6, 6.07) is 11.9. The predicted octanol–water partition coefficient (Wildman–Crippen LogP) is 4.68. The third kappa shape index (κ3) is 5.20. The molecule has 0 saturated carbocycles. The van der Waals surface area contributed by atoms with Crippen LogP contribution in [-0.4, -0.2) is 11.7 Å². The van der Waals surface area contributed by atoms with Crippen LogP contribution in [0.5, 0.6) is 0 Å². The molecule has 0 atom stereocenters. The second-order valence-corrected chi connectivity index (χ2v) is 6.43. The fourth-order valence-electron chi connectivity index (χ4n) is 1.78. The number of amides is 1. The van der Waals surface area contributed by atoms with E-state index in [2.05, 4.69) is 5.32 Å². The van der Waals surface area contributed by atoms with Crippen molar-refractivity contribution in [2.24, 2.45) is 0 Å². The Kier molecular flexibility index (Phi) is 6.55. The van der Waals surface area contributed by atoms with E-state index in [-0.39, 0.29) is 17.5 Å². The van der Waals surface area contributed by atoms with Gasteiger partial charge in [0.15, 0.2) is 0 Å². The molecule has 0 aliphatic heterocycles. The lowest BCUT2D eigenvalue weighted by Gasteiger charge is -2.07. The Morgan fingerprint density at radius 1 is 1.14 bits per heavy atom. The molecule has 1 amide bonds. The molecular formula is C16H14Cl2FNOS. The van der Waals surface area contributed by atoms with Gasteiger partial charge in [-0.15, -0.1) is 11.8 Å². The lowest BCUT2D eigenvalue weighted by Crippen LogP contribution is -2.24. The van der Waals surface area contributed by atoms with E-state index in [1.807, 2.05) is 18.2 Å². The Morgan fingerprint density at radius 2 is 1.91 bits per heavy atom. The highest BCUT2D eigenvalue weighted by molar-refractivity contribution is 7.99. The third-order valence-electron chi connectivity index (χ3n) is 2.94. The minimum absolute atomic E-state index is 0.112. The van der Waals surface area contributed by atoms with Gasteiger partial charge in [-0.2, -0.15) is 0 Å². The van der Waals surface area contributed by atoms with Gasteiger partial charge in [0.05, 0.1) is 5.75 Å². The number of halogens is 3. The number of rotatable bonds is 6. The van der Waals surface area contributed by atoms with E-state index in [1.165, 1.54) is 17.8 Å². The van der Waals surface area contributed by atoms with E-state index < -0.39 is 0 Å². The van der Waals surface area contributed by atoms with Crippen molar-refractivity contribution in [3.63, 3.8) is 0 Å². The summed E-state index contributed by atoms with van der Waals surface area (Å²) in [7, 11) is 0. The lowest BCUT2D eigenvalue weighted by molar-refractivity contribution is -0.118. The van der Waals surface area contributed by atoms with Crippen molar-refractivity contribution in [3.05, 3.63) is 69.5 Å². The first-order valence-electron chi connectivity index (χ1n) is 6.58. The zero-order chi connectivity index (χ0) is 15.9. The summed E-state index contributed by atoms with van der Waals surface area (Å²) < 4.78 is 13.6. The molecule has 0 spiro atoms. The molecule has 0 bridgehead atoms. The van der Waals surface area contributed by atoms with E-state index >= 15 is 0 Å². The normalized spacial score (nSPS) is 10.5. The maximum Gasteiger partial charge on any atom is 0.230 e. The SMILES string of the molecule is O=C(CSCc1ccc(Cl)cc1F)NCc1ccccc1Cl. The quantitative estimate of drug-likeness (QED) is 0.812. The predicted molar refractivity (Wildman–Crippen MR) is 90.9 cm³/mol. The molecule has 0 fully saturated rings. The molecule has 22 heavy (non-hydrogen) atoms. The van der Waals surface area contributed by atoms with Crippen molar-refractivity contribution in [3.8, 4) is 0 Å². The maximum atomic E-state index is 13.6. The van der Waals surface area contributed by atoms with Crippen LogP contribution in [0.1, 0.15) is 11.1 Å². The van der Waals surface area contributed by atoms with Gasteiger partial charge in [-0.25, -0.2) is 4.39 Å². The molecule has 2 aromatic carbocycles. The smallest absolute Gasteiger partial charge is 0.230 e. The van der Waals surface area contributed by atoms with E-state index in [0.29, 0.717) is 27.9 Å². The van der Waals surface area contributed by atoms with Crippen LogP contribution in [0.15, 0.2) is 42.5 Å². The third-order valence-corrected chi connectivity index (χ3v) is 4.52. The van der Waals surface area contributed by atoms with E-state index in [0.717, 1.165) is 5.56 Å². The van der Waals surface area contributed by atoms with Crippen LogP contribution in [-0.2, 0) is 17.1 Å². The summed E-state index contributed by atoms with van der Waals surface area (Å²) in [6.45, 7) is 0.383. The summed E-state index contributed by atoms with van der Waals surface area (Å²) in [6.07, 6.45) is 0. The summed E-state index contributed by atoms with van der Waals surface area (Å²) in [5, 5.41) is 3.78. The first kappa shape index (κ1) is 17.1. The van der Waals surface area contributed by atoms with Crippen LogP contribution in [0.3, 0.4) is 0 Å². The summed E-state index contributed by atoms with van der Waals surface area (Å²) in [5.74, 6) is 0.213. The van der Waals surface area contributed by atoms with Crippen molar-refractivity contribution < 1.29 is 9.18 Å². The van der Waals surface area contributed by atoms with Crippen LogP contribution >= 0.6 is 35.0 Å². The van der Waals surface area contributed by atoms with Gasteiger partial charge in [0.2, 0.25) is 5.91 Å². The van der Waals surface area contributed by atoms with Gasteiger partial charge in [-0.3, -0.25) is 4.79 Å². The molecule has 0 aliphatic rings. The van der Waals surface area contributed by atoms with Crippen LogP contribution in [0.4, 0.5) is 4.39 Å². The van der Waals surface area contributed by atoms with Crippen molar-refractivity contribution >= 4 is 40.9 Å². The molecule has 2 rings (SSSR count). The molecule has 2 aromatic rings. The number of hydrogen-bond donors (Lipinski definition) is 1. The largest absolute Gasteiger partial charge is 0.351 e. The van der Waals surface area contributed by atoms with Crippen molar-refractivity contribution in [1.29, 1.82) is 0 Å². The monoisotopic (exact) mass is 357 g/mol. The topological polar surface area (TPSA) is 29.1 Å². The number of benzene rings is 2. The van der Waals surface area contributed by atoms with Crippen LogP contribution in [0.25, 0.3) is 0 Å². The first-order valence-corrected chi connectivity index (χ1v) is 8.49. The van der Waals surface area contributed by atoms with E-state index in [9.17, 15) is 9.18 Å². The molecule has 0 saturated heterocycles. The van der Waals surface area contributed by atoms with Crippen molar-refractivity contribution in [2.45, 2.75) is 12.3 Å². The molecular weight excluding hydrogens is 344 g/mol. The first-order chi connectivity index (χ1) is 10.6. The maximum absolute atomic E-state index is 13.6. The second-order valence-electron chi connectivity index (χ2n) is 4.60. The highest BCUT2D eigenvalue weighted by Gasteiger charge is 2.07. The number of hydrogen-bond acceptors (Lipinski definition) is 2. The Bertz CT molecular complexity index is 666. The van der Waals surface area contributed by atoms with E-state index in [1.54, 1.807) is 18.2 Å². The molecule has 0 aliphatic carbocycles. The highest BCUT2D eigenvalue weighted by atomic mass is 35.5. The number of thioether (sulfide) groups is 1. The highest BCUT2D eigenvalue weighted by Crippen LogP contribution is 2.19. The summed E-state index contributed by atoms with van der Waals surface area (Å²) in [4.78, 5) is 11.8. The molecule has 1 N–H and O–H groups in total. The second kappa shape index (κ2) is 8.42. The van der Waals surface area contributed by atoms with Gasteiger partial charge < -0.3 is 5.32 Å². The molecule has 0 aromatic heterocycles. The zero-order valence-electron chi connectivity index (χ0n) is 11.6. The Hall–Kier alpha value is -1.23. The Labute approximate surface area is 143 Å². The molecule has 0 unspecified atom stereocenters. The molecule has 0 heterocycles. The molecule has 116 valence electrons. The Balaban J connectivity index is 1.75. The van der Waals surface area contributed by atoms with Gasteiger partial charge in [0, 0.05) is 22.3 Å². The molecule has 6 heteroatoms. The fourth-order valence-corrected chi connectivity index (χ4v) is 2.98. The van der Waals surface area contributed by atoms with E-state index in [4.69, 9.17) is 23.2 Å². The Morgan fingerprint density at radius 3 is 2.64 bits per heavy atom. The summed E-state index contributed by atoms with van der Waals surface area (Å²) in [5.41, 5.74) is 1.40. The number of nitrogens with one attached hydrogen (secondary N) is 1. The lowest BCUT2D eigenvalue weighted by atomic mass is 10.2. The average molecular weight is 358 g/mol.